The van der Waals surface area contributed by atoms with Crippen molar-refractivity contribution in [2.75, 3.05) is 23.7 Å². The number of benzene rings is 1. The largest absolute Gasteiger partial charge is 0.399 e. The number of nitrogens with zero attached hydrogens (tertiary/aromatic N) is 1. The van der Waals surface area contributed by atoms with E-state index in [1.165, 1.54) is 0 Å². The van der Waals surface area contributed by atoms with Gasteiger partial charge in [0.05, 0.1) is 16.3 Å². The minimum absolute atomic E-state index is 0.531. The summed E-state index contributed by atoms with van der Waals surface area (Å²) in [5.41, 5.74) is 6.81. The Balaban J connectivity index is 2.14. The van der Waals surface area contributed by atoms with E-state index in [4.69, 9.17) is 17.3 Å². The smallest absolute Gasteiger partial charge is 0.0660 e. The molecule has 88 valence electrons. The molecule has 0 amide bonds. The molecule has 1 aromatic rings. The highest BCUT2D eigenvalue weighted by Gasteiger charge is 2.27. The summed E-state index contributed by atoms with van der Waals surface area (Å²) in [6.45, 7) is 3.54. The maximum Gasteiger partial charge on any atom is 0.0660 e. The number of hydrogen-bond acceptors (Lipinski definition) is 3. The van der Waals surface area contributed by atoms with Gasteiger partial charge in [0.1, 0.15) is 0 Å². The third-order valence-electron chi connectivity index (χ3n) is 3.15. The van der Waals surface area contributed by atoms with Gasteiger partial charge in [0.15, 0.2) is 0 Å². The van der Waals surface area contributed by atoms with E-state index in [1.54, 1.807) is 6.07 Å². The Kier molecular flexibility index (Phi) is 3.00. The fourth-order valence-corrected chi connectivity index (χ4v) is 2.32. The van der Waals surface area contributed by atoms with E-state index >= 15 is 0 Å². The molecule has 1 heterocycles. The van der Waals surface area contributed by atoms with Crippen LogP contribution in [0.1, 0.15) is 19.8 Å². The van der Waals surface area contributed by atoms with E-state index in [2.05, 4.69) is 4.90 Å². The van der Waals surface area contributed by atoms with Crippen molar-refractivity contribution in [3.63, 3.8) is 0 Å². The van der Waals surface area contributed by atoms with Gasteiger partial charge in [0, 0.05) is 18.8 Å². The lowest BCUT2D eigenvalue weighted by atomic mass is 9.93. The number of halogens is 1. The number of hydrogen-bond donors (Lipinski definition) is 2. The van der Waals surface area contributed by atoms with E-state index in [0.717, 1.165) is 31.6 Å². The normalized spacial score (nSPS) is 19.8. The molecule has 0 radical (unpaired) electrons. The Hall–Kier alpha value is -0.930. The van der Waals surface area contributed by atoms with E-state index in [1.807, 2.05) is 19.1 Å². The zero-order valence-electron chi connectivity index (χ0n) is 9.41. The van der Waals surface area contributed by atoms with Crippen molar-refractivity contribution < 1.29 is 5.11 Å². The van der Waals surface area contributed by atoms with Crippen LogP contribution in [0.15, 0.2) is 18.2 Å². The monoisotopic (exact) mass is 240 g/mol. The van der Waals surface area contributed by atoms with E-state index in [-0.39, 0.29) is 0 Å². The highest BCUT2D eigenvalue weighted by molar-refractivity contribution is 6.33. The number of nitrogens with two attached hydrogens (primary N) is 1. The van der Waals surface area contributed by atoms with Gasteiger partial charge < -0.3 is 15.7 Å². The van der Waals surface area contributed by atoms with Gasteiger partial charge in [-0.25, -0.2) is 0 Å². The standard InChI is InChI=1S/C12H17ClN2O/c1-12(16)4-6-15(7-5-12)11-3-2-9(14)8-10(11)13/h2-3,8,16H,4-7,14H2,1H3. The predicted octanol–water partition coefficient (Wildman–Crippen LogP) is 2.27. The zero-order chi connectivity index (χ0) is 11.8. The third-order valence-corrected chi connectivity index (χ3v) is 3.46. The summed E-state index contributed by atoms with van der Waals surface area (Å²) in [6.07, 6.45) is 1.54. The minimum atomic E-state index is -0.531. The summed E-state index contributed by atoms with van der Waals surface area (Å²) in [5, 5.41) is 10.6. The molecule has 3 nitrogen and oxygen atoms in total. The van der Waals surface area contributed by atoms with Crippen molar-refractivity contribution in [1.82, 2.24) is 0 Å². The molecule has 0 spiro atoms. The molecule has 1 fully saturated rings. The van der Waals surface area contributed by atoms with Gasteiger partial charge in [0.2, 0.25) is 0 Å². The van der Waals surface area contributed by atoms with Crippen LogP contribution in [0.5, 0.6) is 0 Å². The SMILES string of the molecule is CC1(O)CCN(c2ccc(N)cc2Cl)CC1. The van der Waals surface area contributed by atoms with Crippen molar-refractivity contribution in [1.29, 1.82) is 0 Å². The summed E-state index contributed by atoms with van der Waals surface area (Å²) in [5.74, 6) is 0. The first kappa shape index (κ1) is 11.6. The van der Waals surface area contributed by atoms with Crippen LogP contribution in [0.2, 0.25) is 5.02 Å². The predicted molar refractivity (Wildman–Crippen MR) is 67.9 cm³/mol. The molecule has 0 atom stereocenters. The van der Waals surface area contributed by atoms with Gasteiger partial charge in [-0.2, -0.15) is 0 Å². The molecule has 0 bridgehead atoms. The first-order valence-electron chi connectivity index (χ1n) is 5.50. The molecule has 0 aliphatic carbocycles. The first-order valence-corrected chi connectivity index (χ1v) is 5.88. The summed E-state index contributed by atoms with van der Waals surface area (Å²) < 4.78 is 0. The van der Waals surface area contributed by atoms with Crippen LogP contribution >= 0.6 is 11.6 Å². The number of anilines is 2. The molecule has 0 unspecified atom stereocenters. The second-order valence-corrected chi connectivity index (χ2v) is 5.10. The minimum Gasteiger partial charge on any atom is -0.399 e. The molecule has 1 aromatic carbocycles. The summed E-state index contributed by atoms with van der Waals surface area (Å²) >= 11 is 6.15. The van der Waals surface area contributed by atoms with Crippen LogP contribution in [0.4, 0.5) is 11.4 Å². The van der Waals surface area contributed by atoms with E-state index < -0.39 is 5.60 Å². The quantitative estimate of drug-likeness (QED) is 0.741. The topological polar surface area (TPSA) is 49.5 Å². The van der Waals surface area contributed by atoms with Crippen molar-refractivity contribution in [2.24, 2.45) is 0 Å². The fraction of sp³-hybridized carbons (Fsp3) is 0.500. The van der Waals surface area contributed by atoms with Gasteiger partial charge >= 0.3 is 0 Å². The fourth-order valence-electron chi connectivity index (χ4n) is 2.01. The lowest BCUT2D eigenvalue weighted by Crippen LogP contribution is -2.42. The van der Waals surface area contributed by atoms with E-state index in [9.17, 15) is 5.11 Å². The second-order valence-electron chi connectivity index (χ2n) is 4.69. The molecule has 2 rings (SSSR count). The molecule has 1 saturated heterocycles. The molecule has 3 N–H and O–H groups in total. The van der Waals surface area contributed by atoms with Gasteiger partial charge in [-0.1, -0.05) is 11.6 Å². The summed E-state index contributed by atoms with van der Waals surface area (Å²) in [6, 6.07) is 5.56. The molecular formula is C12H17ClN2O. The summed E-state index contributed by atoms with van der Waals surface area (Å²) in [7, 11) is 0. The maximum absolute atomic E-state index is 9.87. The number of nitrogen functional groups attached to an aromatic ring is 1. The van der Waals surface area contributed by atoms with Gasteiger partial charge in [-0.15, -0.1) is 0 Å². The van der Waals surface area contributed by atoms with Gasteiger partial charge in [-0.05, 0) is 38.0 Å². The molecule has 1 aliphatic heterocycles. The Morgan fingerprint density at radius 1 is 1.38 bits per heavy atom. The highest BCUT2D eigenvalue weighted by Crippen LogP contribution is 2.32. The number of piperidine rings is 1. The lowest BCUT2D eigenvalue weighted by molar-refractivity contribution is 0.0351. The molecule has 16 heavy (non-hydrogen) atoms. The average Bonchev–Trinajstić information content (AvgIpc) is 2.19. The van der Waals surface area contributed by atoms with Crippen molar-refractivity contribution in [3.05, 3.63) is 23.2 Å². The number of rotatable bonds is 1. The van der Waals surface area contributed by atoms with Crippen LogP contribution in [-0.2, 0) is 0 Å². The Bertz CT molecular complexity index is 383. The van der Waals surface area contributed by atoms with Crippen LogP contribution in [0.25, 0.3) is 0 Å². The van der Waals surface area contributed by atoms with Crippen LogP contribution in [-0.4, -0.2) is 23.8 Å². The first-order chi connectivity index (χ1) is 7.48. The van der Waals surface area contributed by atoms with E-state index in [0.29, 0.717) is 10.7 Å². The lowest BCUT2D eigenvalue weighted by Gasteiger charge is -2.37. The molecular weight excluding hydrogens is 224 g/mol. The molecule has 0 saturated carbocycles. The third kappa shape index (κ3) is 2.42. The zero-order valence-corrected chi connectivity index (χ0v) is 10.2. The van der Waals surface area contributed by atoms with Crippen molar-refractivity contribution >= 4 is 23.0 Å². The summed E-state index contributed by atoms with van der Waals surface area (Å²) in [4.78, 5) is 2.19. The van der Waals surface area contributed by atoms with Gasteiger partial charge in [0.25, 0.3) is 0 Å². The molecule has 1 aliphatic rings. The molecule has 4 heteroatoms. The van der Waals surface area contributed by atoms with Crippen molar-refractivity contribution in [3.8, 4) is 0 Å². The Labute approximate surface area is 101 Å². The average molecular weight is 241 g/mol. The molecule has 0 aromatic heterocycles. The Morgan fingerprint density at radius 3 is 2.56 bits per heavy atom. The highest BCUT2D eigenvalue weighted by atomic mass is 35.5. The van der Waals surface area contributed by atoms with Crippen LogP contribution < -0.4 is 10.6 Å². The number of aliphatic hydroxyl groups is 1. The van der Waals surface area contributed by atoms with Gasteiger partial charge in [-0.3, -0.25) is 0 Å². The Morgan fingerprint density at radius 2 is 2.00 bits per heavy atom. The van der Waals surface area contributed by atoms with Crippen LogP contribution in [0.3, 0.4) is 0 Å². The van der Waals surface area contributed by atoms with Crippen molar-refractivity contribution in [2.45, 2.75) is 25.4 Å². The maximum atomic E-state index is 9.87. The van der Waals surface area contributed by atoms with Crippen LogP contribution in [0, 0.1) is 0 Å². The second kappa shape index (κ2) is 4.15.